The predicted octanol–water partition coefficient (Wildman–Crippen LogP) is 4.07. The molecule has 1 saturated heterocycles. The Morgan fingerprint density at radius 3 is 2.59 bits per heavy atom. The van der Waals surface area contributed by atoms with Gasteiger partial charge in [0.25, 0.3) is 0 Å². The summed E-state index contributed by atoms with van der Waals surface area (Å²) < 4.78 is 5.27. The van der Waals surface area contributed by atoms with Crippen molar-refractivity contribution in [2.24, 2.45) is 0 Å². The minimum atomic E-state index is -0.0806. The van der Waals surface area contributed by atoms with Crippen molar-refractivity contribution in [3.8, 4) is 5.75 Å². The Bertz CT molecular complexity index is 821. The fraction of sp³-hybridized carbons (Fsp3) is 0.350. The summed E-state index contributed by atoms with van der Waals surface area (Å²) in [7, 11) is 1.57. The van der Waals surface area contributed by atoms with Gasteiger partial charge in [-0.2, -0.15) is 0 Å². The highest BCUT2D eigenvalue weighted by Gasteiger charge is 2.21. The summed E-state index contributed by atoms with van der Waals surface area (Å²) >= 11 is 12.2. The van der Waals surface area contributed by atoms with E-state index in [1.807, 2.05) is 19.1 Å². The summed E-state index contributed by atoms with van der Waals surface area (Å²) in [4.78, 5) is 16.9. The maximum absolute atomic E-state index is 12.4. The van der Waals surface area contributed by atoms with E-state index in [2.05, 4.69) is 21.2 Å². The molecular formula is C20H23Cl2N3O2. The Labute approximate surface area is 169 Å². The Morgan fingerprint density at radius 2 is 1.89 bits per heavy atom. The SMILES string of the molecule is COc1ccc(Cl)cc1NC(=O)CN1CCN(c2cccc(Cl)c2C)CC1. The lowest BCUT2D eigenvalue weighted by molar-refractivity contribution is -0.117. The number of hydrogen-bond donors (Lipinski definition) is 1. The van der Waals surface area contributed by atoms with E-state index in [4.69, 9.17) is 27.9 Å². The number of nitrogens with one attached hydrogen (secondary N) is 1. The van der Waals surface area contributed by atoms with Crippen molar-refractivity contribution >= 4 is 40.5 Å². The van der Waals surface area contributed by atoms with E-state index in [1.54, 1.807) is 25.3 Å². The van der Waals surface area contributed by atoms with Crippen molar-refractivity contribution in [1.29, 1.82) is 0 Å². The van der Waals surface area contributed by atoms with Crippen molar-refractivity contribution in [2.75, 3.05) is 50.1 Å². The number of piperazine rings is 1. The molecule has 1 heterocycles. The third-order valence-electron chi connectivity index (χ3n) is 4.75. The lowest BCUT2D eigenvalue weighted by Crippen LogP contribution is -2.48. The lowest BCUT2D eigenvalue weighted by atomic mass is 10.1. The number of anilines is 2. The van der Waals surface area contributed by atoms with Crippen LogP contribution in [0.3, 0.4) is 0 Å². The number of hydrogen-bond acceptors (Lipinski definition) is 4. The molecule has 0 saturated carbocycles. The molecule has 0 spiro atoms. The van der Waals surface area contributed by atoms with E-state index in [1.165, 1.54) is 0 Å². The van der Waals surface area contributed by atoms with Gasteiger partial charge >= 0.3 is 0 Å². The molecule has 0 unspecified atom stereocenters. The summed E-state index contributed by atoms with van der Waals surface area (Å²) in [6, 6.07) is 11.1. The van der Waals surface area contributed by atoms with Crippen LogP contribution in [0, 0.1) is 6.92 Å². The largest absolute Gasteiger partial charge is 0.495 e. The maximum Gasteiger partial charge on any atom is 0.238 e. The summed E-state index contributed by atoms with van der Waals surface area (Å²) in [6.07, 6.45) is 0. The predicted molar refractivity (Wildman–Crippen MR) is 111 cm³/mol. The van der Waals surface area contributed by atoms with Crippen LogP contribution in [0.4, 0.5) is 11.4 Å². The monoisotopic (exact) mass is 407 g/mol. The van der Waals surface area contributed by atoms with E-state index in [0.29, 0.717) is 23.0 Å². The molecule has 0 atom stereocenters. The molecule has 0 aliphatic carbocycles. The second-order valence-electron chi connectivity index (χ2n) is 6.54. The summed E-state index contributed by atoms with van der Waals surface area (Å²) in [5, 5.41) is 4.22. The van der Waals surface area contributed by atoms with Gasteiger partial charge in [0, 0.05) is 41.9 Å². The van der Waals surface area contributed by atoms with Gasteiger partial charge < -0.3 is 15.0 Å². The molecule has 7 heteroatoms. The summed E-state index contributed by atoms with van der Waals surface area (Å²) in [5.41, 5.74) is 2.84. The highest BCUT2D eigenvalue weighted by atomic mass is 35.5. The van der Waals surface area contributed by atoms with Gasteiger partial charge in [-0.3, -0.25) is 9.69 Å². The topological polar surface area (TPSA) is 44.8 Å². The van der Waals surface area contributed by atoms with E-state index in [9.17, 15) is 4.79 Å². The van der Waals surface area contributed by atoms with Gasteiger partial charge in [0.1, 0.15) is 5.75 Å². The van der Waals surface area contributed by atoms with Crippen LogP contribution in [-0.4, -0.2) is 50.6 Å². The van der Waals surface area contributed by atoms with E-state index in [-0.39, 0.29) is 5.91 Å². The number of methoxy groups -OCH3 is 1. The highest BCUT2D eigenvalue weighted by Crippen LogP contribution is 2.28. The molecule has 2 aromatic carbocycles. The van der Waals surface area contributed by atoms with Crippen LogP contribution in [0.15, 0.2) is 36.4 Å². The Morgan fingerprint density at radius 1 is 1.15 bits per heavy atom. The molecule has 3 rings (SSSR count). The quantitative estimate of drug-likeness (QED) is 0.810. The van der Waals surface area contributed by atoms with Crippen LogP contribution < -0.4 is 15.0 Å². The molecule has 1 N–H and O–H groups in total. The fourth-order valence-corrected chi connectivity index (χ4v) is 3.60. The molecule has 1 fully saturated rings. The first-order valence-electron chi connectivity index (χ1n) is 8.83. The molecule has 27 heavy (non-hydrogen) atoms. The first-order chi connectivity index (χ1) is 13.0. The van der Waals surface area contributed by atoms with Gasteiger partial charge in [0.05, 0.1) is 19.3 Å². The van der Waals surface area contributed by atoms with Gasteiger partial charge in [-0.25, -0.2) is 0 Å². The second kappa shape index (κ2) is 8.83. The minimum absolute atomic E-state index is 0.0806. The molecule has 2 aromatic rings. The Balaban J connectivity index is 1.55. The third kappa shape index (κ3) is 4.86. The zero-order chi connectivity index (χ0) is 19.4. The molecule has 1 aliphatic rings. The maximum atomic E-state index is 12.4. The highest BCUT2D eigenvalue weighted by molar-refractivity contribution is 6.31. The van der Waals surface area contributed by atoms with E-state index in [0.717, 1.165) is 42.5 Å². The molecule has 5 nitrogen and oxygen atoms in total. The van der Waals surface area contributed by atoms with Crippen LogP contribution >= 0.6 is 23.2 Å². The van der Waals surface area contributed by atoms with Gasteiger partial charge in [0.15, 0.2) is 0 Å². The first kappa shape index (κ1) is 19.8. The van der Waals surface area contributed by atoms with Crippen LogP contribution in [0.1, 0.15) is 5.56 Å². The standard InChI is InChI=1S/C20H23Cl2N3O2/c1-14-16(22)4-3-5-18(14)25-10-8-24(9-11-25)13-20(26)23-17-12-15(21)6-7-19(17)27-2/h3-7,12H,8-11,13H2,1-2H3,(H,23,26). The summed E-state index contributed by atoms with van der Waals surface area (Å²) in [6.45, 7) is 5.70. The van der Waals surface area contributed by atoms with Crippen molar-refractivity contribution in [3.05, 3.63) is 52.0 Å². The lowest BCUT2D eigenvalue weighted by Gasteiger charge is -2.36. The van der Waals surface area contributed by atoms with Gasteiger partial charge in [-0.15, -0.1) is 0 Å². The fourth-order valence-electron chi connectivity index (χ4n) is 3.26. The molecule has 1 aliphatic heterocycles. The van der Waals surface area contributed by atoms with Crippen molar-refractivity contribution in [1.82, 2.24) is 4.90 Å². The number of halogens is 2. The normalized spacial score (nSPS) is 14.9. The van der Waals surface area contributed by atoms with Gasteiger partial charge in [-0.05, 0) is 42.8 Å². The molecule has 0 radical (unpaired) electrons. The average Bonchev–Trinajstić information content (AvgIpc) is 2.65. The number of ether oxygens (including phenoxy) is 1. The number of carbonyl (C=O) groups excluding carboxylic acids is 1. The minimum Gasteiger partial charge on any atom is -0.495 e. The Hall–Kier alpha value is -1.95. The van der Waals surface area contributed by atoms with Crippen molar-refractivity contribution in [3.63, 3.8) is 0 Å². The van der Waals surface area contributed by atoms with Crippen molar-refractivity contribution in [2.45, 2.75) is 6.92 Å². The number of rotatable bonds is 5. The van der Waals surface area contributed by atoms with Crippen LogP contribution in [0.25, 0.3) is 0 Å². The number of amides is 1. The number of benzene rings is 2. The second-order valence-corrected chi connectivity index (χ2v) is 7.38. The van der Waals surface area contributed by atoms with E-state index >= 15 is 0 Å². The molecular weight excluding hydrogens is 385 g/mol. The van der Waals surface area contributed by atoms with Crippen LogP contribution in [0.2, 0.25) is 10.0 Å². The van der Waals surface area contributed by atoms with E-state index < -0.39 is 0 Å². The van der Waals surface area contributed by atoms with Gasteiger partial charge in [-0.1, -0.05) is 29.3 Å². The molecule has 0 aromatic heterocycles. The molecule has 1 amide bonds. The van der Waals surface area contributed by atoms with Crippen LogP contribution in [0.5, 0.6) is 5.75 Å². The Kier molecular flexibility index (Phi) is 6.47. The number of carbonyl (C=O) groups is 1. The van der Waals surface area contributed by atoms with Gasteiger partial charge in [0.2, 0.25) is 5.91 Å². The molecule has 144 valence electrons. The average molecular weight is 408 g/mol. The zero-order valence-electron chi connectivity index (χ0n) is 15.5. The first-order valence-corrected chi connectivity index (χ1v) is 9.59. The van der Waals surface area contributed by atoms with Crippen molar-refractivity contribution < 1.29 is 9.53 Å². The third-order valence-corrected chi connectivity index (χ3v) is 5.40. The smallest absolute Gasteiger partial charge is 0.238 e. The molecule has 0 bridgehead atoms. The van der Waals surface area contributed by atoms with Crippen LogP contribution in [-0.2, 0) is 4.79 Å². The summed E-state index contributed by atoms with van der Waals surface area (Å²) in [5.74, 6) is 0.511. The number of nitrogens with zero attached hydrogens (tertiary/aromatic N) is 2. The zero-order valence-corrected chi connectivity index (χ0v) is 17.0.